The second kappa shape index (κ2) is 28.3. The van der Waals surface area contributed by atoms with Crippen LogP contribution >= 0.6 is 0 Å². The molecule has 0 saturated carbocycles. The maximum Gasteiger partial charge on any atom is 0.453 e. The van der Waals surface area contributed by atoms with Gasteiger partial charge in [0.05, 0.1) is 36.4 Å². The van der Waals surface area contributed by atoms with E-state index in [9.17, 15) is 28.8 Å². The third-order valence-corrected chi connectivity index (χ3v) is 12.3. The largest absolute Gasteiger partial charge is 0.453 e. The molecule has 6 aromatic rings. The van der Waals surface area contributed by atoms with Crippen LogP contribution in [0.2, 0.25) is 0 Å². The number of aromatic nitrogens is 6. The molecule has 0 bridgehead atoms. The fourth-order valence-electron chi connectivity index (χ4n) is 8.80. The van der Waals surface area contributed by atoms with E-state index in [0.29, 0.717) is 16.7 Å². The number of hydrogen-bond acceptors (Lipinski definition) is 15. The van der Waals surface area contributed by atoms with E-state index in [2.05, 4.69) is 61.8 Å². The normalized spacial score (nSPS) is 14.8. The summed E-state index contributed by atoms with van der Waals surface area (Å²) in [6, 6.07) is 22.4. The lowest BCUT2D eigenvalue weighted by atomic mass is 9.58. The van der Waals surface area contributed by atoms with Gasteiger partial charge in [-0.05, 0) is 53.7 Å². The molecule has 3 aromatic heterocycles. The summed E-state index contributed by atoms with van der Waals surface area (Å²) in [5.74, 6) is -6.88. The molecule has 1 aliphatic rings. The molecule has 0 spiro atoms. The summed E-state index contributed by atoms with van der Waals surface area (Å²) in [5, 5.41) is 17.8. The van der Waals surface area contributed by atoms with Gasteiger partial charge < -0.3 is 45.6 Å². The Morgan fingerprint density at radius 3 is 0.859 bits per heavy atom. The van der Waals surface area contributed by atoms with Gasteiger partial charge in [0.1, 0.15) is 35.2 Å². The minimum atomic E-state index is -1.33. The molecule has 1 saturated heterocycles. The van der Waals surface area contributed by atoms with E-state index < -0.39 is 92.7 Å². The van der Waals surface area contributed by atoms with Gasteiger partial charge in [0.25, 0.3) is 17.7 Å². The first-order chi connectivity index (χ1) is 37.6. The van der Waals surface area contributed by atoms with Crippen molar-refractivity contribution in [2.24, 2.45) is 17.8 Å². The van der Waals surface area contributed by atoms with E-state index >= 15 is 0 Å². The standard InChI is InChI=1S/C54H63B3N12O9/c1-34(2)28-43(64-52(73)46(37-16-10-7-11-17-37)67-49(70)40-31-58-22-25-61-40)55-76-56(44(29-35(3)4)65-53(74)47(38-18-12-8-13-19-38)68-50(71)41-32-59-23-26-62-41)78-57(77-55)45(30-36(5)6)66-54(75)48(39-20-14-9-15-21-39)69-51(72)42-33-60-24-27-63-42/h7-27,31-36,43-48H,28-30H2,1-6H3,(H,64,73)(H,65,74)(H,66,75)(H,67,70)(H,68,71)(H,69,72)/t43-,44-,45?,46-,47-,48?/m1/s1. The Morgan fingerprint density at radius 2 is 0.641 bits per heavy atom. The molecule has 4 heterocycles. The second-order valence-corrected chi connectivity index (χ2v) is 20.0. The highest BCUT2D eigenvalue weighted by Crippen LogP contribution is 2.26. The van der Waals surface area contributed by atoms with Crippen LogP contribution in [0.3, 0.4) is 0 Å². The maximum absolute atomic E-state index is 14.9. The molecule has 24 heteroatoms. The molecular formula is C54H63B3N12O9. The summed E-state index contributed by atoms with van der Waals surface area (Å²) < 4.78 is 20.5. The molecule has 78 heavy (non-hydrogen) atoms. The van der Waals surface area contributed by atoms with Crippen LogP contribution in [0.15, 0.2) is 147 Å². The summed E-state index contributed by atoms with van der Waals surface area (Å²) in [6.07, 6.45) is 13.1. The van der Waals surface area contributed by atoms with Crippen LogP contribution in [0.5, 0.6) is 0 Å². The van der Waals surface area contributed by atoms with E-state index in [-0.39, 0.29) is 54.1 Å². The molecule has 6 amide bonds. The molecule has 6 N–H and O–H groups in total. The number of amides is 6. The van der Waals surface area contributed by atoms with E-state index in [1.807, 2.05) is 41.5 Å². The Hall–Kier alpha value is -8.21. The monoisotopic (exact) mass is 1060 g/mol. The third kappa shape index (κ3) is 16.4. The zero-order valence-corrected chi connectivity index (χ0v) is 44.3. The fraction of sp³-hybridized carbons (Fsp3) is 0.333. The molecule has 1 fully saturated rings. The van der Waals surface area contributed by atoms with Gasteiger partial charge in [-0.2, -0.15) is 0 Å². The highest BCUT2D eigenvalue weighted by atomic mass is 16.7. The Labute approximate surface area is 454 Å². The van der Waals surface area contributed by atoms with Crippen LogP contribution in [-0.2, 0) is 28.1 Å². The molecule has 402 valence electrons. The van der Waals surface area contributed by atoms with Gasteiger partial charge in [0.2, 0.25) is 17.7 Å². The van der Waals surface area contributed by atoms with Gasteiger partial charge >= 0.3 is 21.4 Å². The lowest BCUT2D eigenvalue weighted by molar-refractivity contribution is -0.124. The number of nitrogens with zero attached hydrogens (tertiary/aromatic N) is 6. The van der Waals surface area contributed by atoms with Crippen molar-refractivity contribution in [1.82, 2.24) is 61.8 Å². The summed E-state index contributed by atoms with van der Waals surface area (Å²) in [7, 11) is -3.98. The summed E-state index contributed by atoms with van der Waals surface area (Å²) in [6.45, 7) is 11.7. The van der Waals surface area contributed by atoms with Crippen LogP contribution in [0.25, 0.3) is 0 Å². The Bertz CT molecular complexity index is 2580. The van der Waals surface area contributed by atoms with E-state index in [0.717, 1.165) is 0 Å². The number of rotatable bonds is 24. The van der Waals surface area contributed by atoms with Gasteiger partial charge in [0.15, 0.2) is 0 Å². The maximum atomic E-state index is 14.9. The topological polar surface area (TPSA) is 280 Å². The summed E-state index contributed by atoms with van der Waals surface area (Å²) in [5.41, 5.74) is 1.39. The van der Waals surface area contributed by atoms with Crippen LogP contribution in [0.4, 0.5) is 0 Å². The minimum absolute atomic E-state index is 0.00570. The van der Waals surface area contributed by atoms with Gasteiger partial charge in [-0.1, -0.05) is 133 Å². The van der Waals surface area contributed by atoms with Crippen LogP contribution in [0, 0.1) is 17.8 Å². The molecule has 6 atom stereocenters. The average Bonchev–Trinajstić information content (AvgIpc) is 3.47. The molecule has 1 aliphatic heterocycles. The van der Waals surface area contributed by atoms with Crippen molar-refractivity contribution in [3.8, 4) is 0 Å². The van der Waals surface area contributed by atoms with Gasteiger partial charge in [-0.15, -0.1) is 0 Å². The number of nitrogens with one attached hydrogen (secondary N) is 6. The van der Waals surface area contributed by atoms with Gasteiger partial charge in [-0.25, -0.2) is 15.0 Å². The minimum Gasteiger partial charge on any atom is -0.450 e. The highest BCUT2D eigenvalue weighted by molar-refractivity contribution is 6.75. The molecule has 0 aliphatic carbocycles. The lowest BCUT2D eigenvalue weighted by Crippen LogP contribution is -2.68. The molecular weight excluding hydrogens is 993 g/mol. The van der Waals surface area contributed by atoms with Crippen LogP contribution in [-0.4, -0.2) is 105 Å². The number of carbonyl (C=O) groups excluding carboxylic acids is 6. The number of hydrogen-bond donors (Lipinski definition) is 6. The smallest absolute Gasteiger partial charge is 0.450 e. The summed E-state index contributed by atoms with van der Waals surface area (Å²) in [4.78, 5) is 110. The fourth-order valence-corrected chi connectivity index (χ4v) is 8.80. The first kappa shape index (κ1) is 57.5. The SMILES string of the molecule is CC(C)CC(NC(=O)C(NC(=O)c1cnccn1)c1ccccc1)B1OB([C@@H](CC(C)C)NC(=O)[C@H](NC(=O)c2cnccn2)c2ccccc2)OB([C@@H](CC(C)C)NC(=O)[C@H](NC(=O)c2cnccn2)c2ccccc2)O1. The van der Waals surface area contributed by atoms with Crippen molar-refractivity contribution in [1.29, 1.82) is 0 Å². The highest BCUT2D eigenvalue weighted by Gasteiger charge is 2.52. The van der Waals surface area contributed by atoms with Crippen molar-refractivity contribution < 1.29 is 42.5 Å². The lowest BCUT2D eigenvalue weighted by Gasteiger charge is -2.41. The molecule has 21 nitrogen and oxygen atoms in total. The number of benzene rings is 3. The zero-order chi connectivity index (χ0) is 55.6. The first-order valence-electron chi connectivity index (χ1n) is 25.9. The van der Waals surface area contributed by atoms with E-state index in [1.165, 1.54) is 55.8 Å². The Kier molecular flexibility index (Phi) is 20.8. The average molecular weight is 1060 g/mol. The van der Waals surface area contributed by atoms with Crippen molar-refractivity contribution in [3.63, 3.8) is 0 Å². The van der Waals surface area contributed by atoms with Crippen LogP contribution < -0.4 is 31.9 Å². The van der Waals surface area contributed by atoms with E-state index in [1.54, 1.807) is 91.0 Å². The van der Waals surface area contributed by atoms with Crippen molar-refractivity contribution in [3.05, 3.63) is 181 Å². The number of carbonyl (C=O) groups is 6. The third-order valence-electron chi connectivity index (χ3n) is 12.3. The first-order valence-corrected chi connectivity index (χ1v) is 25.9. The van der Waals surface area contributed by atoms with Crippen molar-refractivity contribution >= 4 is 56.8 Å². The van der Waals surface area contributed by atoms with E-state index in [4.69, 9.17) is 13.7 Å². The molecule has 0 radical (unpaired) electrons. The van der Waals surface area contributed by atoms with Gasteiger partial charge in [-0.3, -0.25) is 43.7 Å². The predicted molar refractivity (Wildman–Crippen MR) is 291 cm³/mol. The second-order valence-electron chi connectivity index (χ2n) is 20.0. The predicted octanol–water partition coefficient (Wildman–Crippen LogP) is 4.61. The zero-order valence-electron chi connectivity index (χ0n) is 44.3. The Balaban J connectivity index is 1.27. The van der Waals surface area contributed by atoms with Gasteiger partial charge in [0, 0.05) is 37.2 Å². The molecule has 3 aromatic carbocycles. The Morgan fingerprint density at radius 1 is 0.385 bits per heavy atom. The van der Waals surface area contributed by atoms with Crippen molar-refractivity contribution in [2.75, 3.05) is 0 Å². The van der Waals surface area contributed by atoms with Crippen LogP contribution in [0.1, 0.15) is 127 Å². The quantitative estimate of drug-likeness (QED) is 0.0452. The van der Waals surface area contributed by atoms with Crippen molar-refractivity contribution in [2.45, 2.75) is 96.8 Å². The summed E-state index contributed by atoms with van der Waals surface area (Å²) >= 11 is 0. The molecule has 7 rings (SSSR count). The molecule has 2 unspecified atom stereocenters.